The second kappa shape index (κ2) is 5.61. The van der Waals surface area contributed by atoms with Crippen molar-refractivity contribution in [3.8, 4) is 0 Å². The van der Waals surface area contributed by atoms with Gasteiger partial charge in [0.15, 0.2) is 10.9 Å². The number of nitrogens with zero attached hydrogens (tertiary/aromatic N) is 1. The molecule has 0 amide bonds. The van der Waals surface area contributed by atoms with Gasteiger partial charge in [0, 0.05) is 22.7 Å². The highest BCUT2D eigenvalue weighted by atomic mass is 32.1. The molecule has 2 aromatic carbocycles. The van der Waals surface area contributed by atoms with Crippen molar-refractivity contribution >= 4 is 45.4 Å². The van der Waals surface area contributed by atoms with E-state index in [1.54, 1.807) is 11.0 Å². The lowest BCUT2D eigenvalue weighted by atomic mass is 10.1. The van der Waals surface area contributed by atoms with Crippen LogP contribution >= 0.6 is 12.2 Å². The Bertz CT molecular complexity index is 869. The number of thiocarbonyl (C=S) groups is 1. The number of H-pyrrole nitrogens is 1. The molecule has 110 valence electrons. The van der Waals surface area contributed by atoms with Crippen molar-refractivity contribution in [2.45, 2.75) is 6.92 Å². The van der Waals surface area contributed by atoms with Crippen LogP contribution < -0.4 is 10.6 Å². The number of carbonyl (C=O) groups excluding carboxylic acids is 1. The van der Waals surface area contributed by atoms with Crippen LogP contribution in [0, 0.1) is 0 Å². The van der Waals surface area contributed by atoms with Crippen molar-refractivity contribution in [3.05, 3.63) is 60.3 Å². The van der Waals surface area contributed by atoms with Crippen LogP contribution in [-0.2, 0) is 0 Å². The Morgan fingerprint density at radius 3 is 2.50 bits per heavy atom. The summed E-state index contributed by atoms with van der Waals surface area (Å²) in [5.74, 6) is -0.0308. The molecule has 0 saturated heterocycles. The van der Waals surface area contributed by atoms with E-state index in [2.05, 4.69) is 4.98 Å². The molecule has 22 heavy (non-hydrogen) atoms. The molecule has 1 aromatic heterocycles. The molecule has 0 atom stereocenters. The molecule has 0 aliphatic carbocycles. The summed E-state index contributed by atoms with van der Waals surface area (Å²) in [6.07, 6.45) is 1.85. The number of aromatic nitrogens is 1. The van der Waals surface area contributed by atoms with Crippen LogP contribution in [0.25, 0.3) is 10.9 Å². The largest absolute Gasteiger partial charge is 0.376 e. The third-order valence-corrected chi connectivity index (χ3v) is 3.74. The monoisotopic (exact) mass is 309 g/mol. The summed E-state index contributed by atoms with van der Waals surface area (Å²) in [5, 5.41) is 1.19. The second-order valence-corrected chi connectivity index (χ2v) is 5.38. The molecular formula is C17H15N3OS. The molecule has 3 aromatic rings. The first-order chi connectivity index (χ1) is 10.6. The molecule has 0 spiro atoms. The van der Waals surface area contributed by atoms with Crippen molar-refractivity contribution < 1.29 is 4.79 Å². The average molecular weight is 309 g/mol. The van der Waals surface area contributed by atoms with E-state index in [9.17, 15) is 4.79 Å². The molecule has 3 rings (SSSR count). The summed E-state index contributed by atoms with van der Waals surface area (Å²) in [6.45, 7) is 1.53. The van der Waals surface area contributed by atoms with E-state index in [0.717, 1.165) is 16.6 Å². The molecule has 0 aliphatic rings. The van der Waals surface area contributed by atoms with Gasteiger partial charge in [0.25, 0.3) is 0 Å². The van der Waals surface area contributed by atoms with Crippen molar-refractivity contribution in [2.75, 3.05) is 4.90 Å². The molecule has 1 heterocycles. The number of aromatic amines is 1. The molecule has 0 unspecified atom stereocenters. The second-order valence-electron chi connectivity index (χ2n) is 4.97. The summed E-state index contributed by atoms with van der Waals surface area (Å²) < 4.78 is 0. The maximum atomic E-state index is 11.9. The number of Topliss-reactive ketones (excluding diaryl/α,β-unsaturated/α-hetero) is 1. The molecule has 0 radical (unpaired) electrons. The van der Waals surface area contributed by atoms with Gasteiger partial charge in [-0.25, -0.2) is 0 Å². The lowest BCUT2D eigenvalue weighted by Crippen LogP contribution is -2.32. The van der Waals surface area contributed by atoms with Crippen LogP contribution in [0.15, 0.2) is 54.7 Å². The van der Waals surface area contributed by atoms with Crippen molar-refractivity contribution in [1.29, 1.82) is 0 Å². The Balaban J connectivity index is 2.24. The predicted octanol–water partition coefficient (Wildman–Crippen LogP) is 3.75. The predicted molar refractivity (Wildman–Crippen MR) is 93.7 cm³/mol. The van der Waals surface area contributed by atoms with E-state index >= 15 is 0 Å². The minimum atomic E-state index is -0.0308. The molecule has 3 N–H and O–H groups in total. The maximum absolute atomic E-state index is 11.9. The van der Waals surface area contributed by atoms with E-state index in [0.29, 0.717) is 11.3 Å². The van der Waals surface area contributed by atoms with Gasteiger partial charge in [-0.3, -0.25) is 9.69 Å². The van der Waals surface area contributed by atoms with Crippen LogP contribution in [0.5, 0.6) is 0 Å². The lowest BCUT2D eigenvalue weighted by molar-refractivity contribution is 0.101. The van der Waals surface area contributed by atoms with Gasteiger partial charge in [-0.05, 0) is 37.3 Å². The number of fused-ring (bicyclic) bond motifs is 1. The quantitative estimate of drug-likeness (QED) is 0.571. The summed E-state index contributed by atoms with van der Waals surface area (Å²) in [5.41, 5.74) is 9.04. The minimum Gasteiger partial charge on any atom is -0.376 e. The molecule has 4 nitrogen and oxygen atoms in total. The minimum absolute atomic E-state index is 0.0308. The number of ketones is 1. The number of hydrogen-bond donors (Lipinski definition) is 2. The summed E-state index contributed by atoms with van der Waals surface area (Å²) in [6, 6.07) is 15.2. The first-order valence-electron chi connectivity index (χ1n) is 6.85. The lowest BCUT2D eigenvalue weighted by Gasteiger charge is -2.24. The Hall–Kier alpha value is -2.66. The van der Waals surface area contributed by atoms with Gasteiger partial charge in [-0.2, -0.15) is 0 Å². The van der Waals surface area contributed by atoms with E-state index in [-0.39, 0.29) is 10.9 Å². The third kappa shape index (κ3) is 2.35. The summed E-state index contributed by atoms with van der Waals surface area (Å²) in [4.78, 5) is 16.8. The SMILES string of the molecule is CC(=O)c1ccccc1N(C(N)=S)c1c[nH]c2ccccc12. The summed E-state index contributed by atoms with van der Waals surface area (Å²) >= 11 is 5.23. The van der Waals surface area contributed by atoms with Crippen LogP contribution in [0.4, 0.5) is 11.4 Å². The van der Waals surface area contributed by atoms with Gasteiger partial charge in [0.05, 0.1) is 11.4 Å². The molecule has 5 heteroatoms. The van der Waals surface area contributed by atoms with E-state index in [4.69, 9.17) is 18.0 Å². The van der Waals surface area contributed by atoms with Crippen LogP contribution in [0.2, 0.25) is 0 Å². The Kier molecular flexibility index (Phi) is 3.65. The van der Waals surface area contributed by atoms with E-state index in [1.165, 1.54) is 6.92 Å². The van der Waals surface area contributed by atoms with Gasteiger partial charge in [-0.15, -0.1) is 0 Å². The highest BCUT2D eigenvalue weighted by Crippen LogP contribution is 2.34. The first-order valence-corrected chi connectivity index (χ1v) is 7.26. The highest BCUT2D eigenvalue weighted by Gasteiger charge is 2.20. The summed E-state index contributed by atoms with van der Waals surface area (Å²) in [7, 11) is 0. The van der Waals surface area contributed by atoms with Gasteiger partial charge < -0.3 is 10.7 Å². The van der Waals surface area contributed by atoms with Gasteiger partial charge >= 0.3 is 0 Å². The topological polar surface area (TPSA) is 62.1 Å². The molecular weight excluding hydrogens is 294 g/mol. The van der Waals surface area contributed by atoms with Crippen LogP contribution in [0.1, 0.15) is 17.3 Å². The maximum Gasteiger partial charge on any atom is 0.175 e. The van der Waals surface area contributed by atoms with Gasteiger partial charge in [0.1, 0.15) is 0 Å². The highest BCUT2D eigenvalue weighted by molar-refractivity contribution is 7.80. The number of anilines is 2. The molecule has 0 aliphatic heterocycles. The normalized spacial score (nSPS) is 10.6. The van der Waals surface area contributed by atoms with Crippen molar-refractivity contribution in [2.24, 2.45) is 5.73 Å². The molecule has 0 fully saturated rings. The first kappa shape index (κ1) is 14.3. The standard InChI is InChI=1S/C17H15N3OS/c1-11(21)12-6-3-5-9-15(12)20(17(18)22)16-10-19-14-8-4-2-7-13(14)16/h2-10,19H,1H3,(H2,18,22). The van der Waals surface area contributed by atoms with E-state index in [1.807, 2.05) is 48.7 Å². The number of para-hydroxylation sites is 2. The Labute approximate surface area is 133 Å². The number of hydrogen-bond acceptors (Lipinski definition) is 2. The number of nitrogens with two attached hydrogens (primary N) is 1. The fraction of sp³-hybridized carbons (Fsp3) is 0.0588. The fourth-order valence-electron chi connectivity index (χ4n) is 2.57. The fourth-order valence-corrected chi connectivity index (χ4v) is 2.77. The number of benzene rings is 2. The Morgan fingerprint density at radius 2 is 1.77 bits per heavy atom. The molecule has 0 saturated carbocycles. The van der Waals surface area contributed by atoms with Crippen LogP contribution in [-0.4, -0.2) is 15.9 Å². The van der Waals surface area contributed by atoms with Gasteiger partial charge in [-0.1, -0.05) is 30.3 Å². The smallest absolute Gasteiger partial charge is 0.175 e. The van der Waals surface area contributed by atoms with Gasteiger partial charge in [0.2, 0.25) is 0 Å². The number of rotatable bonds is 3. The number of carbonyl (C=O) groups is 1. The van der Waals surface area contributed by atoms with E-state index < -0.39 is 0 Å². The van der Waals surface area contributed by atoms with Crippen LogP contribution in [0.3, 0.4) is 0 Å². The number of nitrogens with one attached hydrogen (secondary N) is 1. The average Bonchev–Trinajstić information content (AvgIpc) is 2.92. The zero-order valence-corrected chi connectivity index (χ0v) is 12.9. The zero-order chi connectivity index (χ0) is 15.7. The zero-order valence-electron chi connectivity index (χ0n) is 12.0. The molecule has 0 bridgehead atoms. The Morgan fingerprint density at radius 1 is 1.09 bits per heavy atom. The van der Waals surface area contributed by atoms with Crippen molar-refractivity contribution in [1.82, 2.24) is 4.98 Å². The van der Waals surface area contributed by atoms with Crippen molar-refractivity contribution in [3.63, 3.8) is 0 Å². The third-order valence-electron chi connectivity index (χ3n) is 3.55.